The van der Waals surface area contributed by atoms with Crippen molar-refractivity contribution in [3.8, 4) is 0 Å². The summed E-state index contributed by atoms with van der Waals surface area (Å²) in [5, 5.41) is 4.19. The Balaban J connectivity index is 1.74. The van der Waals surface area contributed by atoms with E-state index in [0.29, 0.717) is 26.9 Å². The van der Waals surface area contributed by atoms with Crippen LogP contribution in [0.25, 0.3) is 11.0 Å². The van der Waals surface area contributed by atoms with Gasteiger partial charge >= 0.3 is 0 Å². The Kier molecular flexibility index (Phi) is 5.29. The number of H-pyrrole nitrogens is 1. The highest BCUT2D eigenvalue weighted by Gasteiger charge is 2.11. The first kappa shape index (κ1) is 18.4. The third kappa shape index (κ3) is 4.05. The van der Waals surface area contributed by atoms with E-state index in [2.05, 4.69) is 20.3 Å². The van der Waals surface area contributed by atoms with Crippen LogP contribution in [0.3, 0.4) is 0 Å². The Morgan fingerprint density at radius 1 is 1.19 bits per heavy atom. The molecule has 0 saturated carbocycles. The van der Waals surface area contributed by atoms with E-state index < -0.39 is 0 Å². The molecule has 0 aliphatic rings. The molecule has 3 aromatic rings. The first-order chi connectivity index (χ1) is 12.3. The SMILES string of the molecule is Cc1cc(C)c2c(=O)[nH]c(SCC(=O)Nc3ccc(C)c(Cl)c3)nc2n1. The molecule has 8 heteroatoms. The summed E-state index contributed by atoms with van der Waals surface area (Å²) in [5.74, 6) is -0.115. The molecule has 0 saturated heterocycles. The van der Waals surface area contributed by atoms with Gasteiger partial charge in [0.25, 0.3) is 5.56 Å². The molecule has 0 radical (unpaired) electrons. The average molecular weight is 389 g/mol. The molecule has 0 spiro atoms. The molecule has 134 valence electrons. The number of carbonyl (C=O) groups excluding carboxylic acids is 1. The summed E-state index contributed by atoms with van der Waals surface area (Å²) in [6, 6.07) is 7.16. The molecule has 0 aliphatic carbocycles. The predicted octanol–water partition coefficient (Wildman–Crippen LogP) is 3.63. The second-order valence-electron chi connectivity index (χ2n) is 5.95. The Morgan fingerprint density at radius 3 is 2.69 bits per heavy atom. The molecule has 0 aliphatic heterocycles. The van der Waals surface area contributed by atoms with E-state index in [0.717, 1.165) is 28.6 Å². The molecule has 2 N–H and O–H groups in total. The van der Waals surface area contributed by atoms with Gasteiger partial charge in [0.05, 0.1) is 11.1 Å². The van der Waals surface area contributed by atoms with Crippen LogP contribution in [0.15, 0.2) is 34.2 Å². The van der Waals surface area contributed by atoms with Crippen LogP contribution in [0, 0.1) is 20.8 Å². The van der Waals surface area contributed by atoms with Crippen LogP contribution >= 0.6 is 23.4 Å². The molecule has 2 heterocycles. The highest BCUT2D eigenvalue weighted by Crippen LogP contribution is 2.21. The number of amides is 1. The topological polar surface area (TPSA) is 87.7 Å². The number of nitrogens with zero attached hydrogens (tertiary/aromatic N) is 2. The number of fused-ring (bicyclic) bond motifs is 1. The van der Waals surface area contributed by atoms with Crippen LogP contribution in [0.1, 0.15) is 16.8 Å². The number of thioether (sulfide) groups is 1. The molecule has 2 aromatic heterocycles. The Labute approximate surface area is 159 Å². The van der Waals surface area contributed by atoms with Crippen LogP contribution < -0.4 is 10.9 Å². The summed E-state index contributed by atoms with van der Waals surface area (Å²) >= 11 is 7.20. The first-order valence-corrected chi connectivity index (χ1v) is 9.27. The van der Waals surface area contributed by atoms with Gasteiger partial charge in [-0.15, -0.1) is 0 Å². The highest BCUT2D eigenvalue weighted by atomic mass is 35.5. The number of aromatic amines is 1. The number of pyridine rings is 1. The fourth-order valence-corrected chi connectivity index (χ4v) is 3.37. The third-order valence-electron chi connectivity index (χ3n) is 3.78. The fraction of sp³-hybridized carbons (Fsp3) is 0.222. The van der Waals surface area contributed by atoms with Gasteiger partial charge in [0, 0.05) is 16.4 Å². The van der Waals surface area contributed by atoms with Crippen LogP contribution in [0.4, 0.5) is 5.69 Å². The lowest BCUT2D eigenvalue weighted by Gasteiger charge is -2.07. The minimum atomic E-state index is -0.256. The average Bonchev–Trinajstić information content (AvgIpc) is 2.55. The number of hydrogen-bond donors (Lipinski definition) is 2. The van der Waals surface area contributed by atoms with E-state index in [1.54, 1.807) is 12.1 Å². The molecule has 1 aromatic carbocycles. The zero-order valence-corrected chi connectivity index (χ0v) is 16.1. The van der Waals surface area contributed by atoms with Crippen molar-refractivity contribution in [1.82, 2.24) is 15.0 Å². The van der Waals surface area contributed by atoms with E-state index in [-0.39, 0.29) is 17.2 Å². The maximum absolute atomic E-state index is 12.3. The van der Waals surface area contributed by atoms with Gasteiger partial charge in [0.15, 0.2) is 10.8 Å². The number of aryl methyl sites for hydroxylation is 3. The molecular formula is C18H17ClN4O2S. The number of nitrogens with one attached hydrogen (secondary N) is 2. The maximum atomic E-state index is 12.3. The number of halogens is 1. The van der Waals surface area contributed by atoms with Crippen molar-refractivity contribution in [1.29, 1.82) is 0 Å². The van der Waals surface area contributed by atoms with Gasteiger partial charge in [0.1, 0.15) is 0 Å². The number of rotatable bonds is 4. The van der Waals surface area contributed by atoms with Gasteiger partial charge in [-0.3, -0.25) is 9.59 Å². The normalized spacial score (nSPS) is 10.9. The fourth-order valence-electron chi connectivity index (χ4n) is 2.53. The number of benzene rings is 1. The third-order valence-corrected chi connectivity index (χ3v) is 5.06. The second kappa shape index (κ2) is 7.47. The molecule has 0 fully saturated rings. The van der Waals surface area contributed by atoms with E-state index in [4.69, 9.17) is 11.6 Å². The summed E-state index contributed by atoms with van der Waals surface area (Å²) in [6.07, 6.45) is 0. The number of aromatic nitrogens is 3. The lowest BCUT2D eigenvalue weighted by Crippen LogP contribution is -2.16. The molecule has 3 rings (SSSR count). The van der Waals surface area contributed by atoms with Crippen molar-refractivity contribution < 1.29 is 4.79 Å². The standard InChI is InChI=1S/C18H17ClN4O2S/c1-9-4-5-12(7-13(9)19)21-14(24)8-26-18-22-16-15(17(25)23-18)10(2)6-11(3)20-16/h4-7H,8H2,1-3H3,(H,21,24)(H,20,22,23,25). The van der Waals surface area contributed by atoms with Crippen molar-refractivity contribution in [3.05, 3.63) is 56.5 Å². The maximum Gasteiger partial charge on any atom is 0.261 e. The minimum absolute atomic E-state index is 0.102. The summed E-state index contributed by atoms with van der Waals surface area (Å²) in [7, 11) is 0. The quantitative estimate of drug-likeness (QED) is 0.526. The molecule has 26 heavy (non-hydrogen) atoms. The zero-order chi connectivity index (χ0) is 18.8. The minimum Gasteiger partial charge on any atom is -0.325 e. The summed E-state index contributed by atoms with van der Waals surface area (Å²) in [5.41, 5.74) is 3.31. The van der Waals surface area contributed by atoms with Gasteiger partial charge in [-0.2, -0.15) is 0 Å². The monoisotopic (exact) mass is 388 g/mol. The Bertz CT molecular complexity index is 1060. The second-order valence-corrected chi connectivity index (χ2v) is 7.32. The van der Waals surface area contributed by atoms with E-state index in [1.807, 2.05) is 32.9 Å². The molecule has 0 atom stereocenters. The van der Waals surface area contributed by atoms with Crippen molar-refractivity contribution in [2.75, 3.05) is 11.1 Å². The number of anilines is 1. The van der Waals surface area contributed by atoms with Crippen molar-refractivity contribution >= 4 is 46.0 Å². The summed E-state index contributed by atoms with van der Waals surface area (Å²) in [4.78, 5) is 35.8. The highest BCUT2D eigenvalue weighted by molar-refractivity contribution is 7.99. The molecule has 0 bridgehead atoms. The molecule has 1 amide bonds. The Morgan fingerprint density at radius 2 is 1.96 bits per heavy atom. The summed E-state index contributed by atoms with van der Waals surface area (Å²) < 4.78 is 0. The number of hydrogen-bond acceptors (Lipinski definition) is 5. The molecule has 0 unspecified atom stereocenters. The largest absolute Gasteiger partial charge is 0.325 e. The van der Waals surface area contributed by atoms with Gasteiger partial charge in [-0.1, -0.05) is 29.4 Å². The van der Waals surface area contributed by atoms with Crippen molar-refractivity contribution in [2.24, 2.45) is 0 Å². The van der Waals surface area contributed by atoms with Gasteiger partial charge < -0.3 is 10.3 Å². The van der Waals surface area contributed by atoms with Crippen LogP contribution in [-0.2, 0) is 4.79 Å². The van der Waals surface area contributed by atoms with Gasteiger partial charge in [-0.05, 0) is 50.1 Å². The van der Waals surface area contributed by atoms with E-state index >= 15 is 0 Å². The number of carbonyl (C=O) groups is 1. The van der Waals surface area contributed by atoms with Crippen LogP contribution in [0.2, 0.25) is 5.02 Å². The predicted molar refractivity (Wildman–Crippen MR) is 105 cm³/mol. The van der Waals surface area contributed by atoms with Gasteiger partial charge in [0.2, 0.25) is 5.91 Å². The van der Waals surface area contributed by atoms with Crippen LogP contribution in [0.5, 0.6) is 0 Å². The molecular weight excluding hydrogens is 372 g/mol. The smallest absolute Gasteiger partial charge is 0.261 e. The van der Waals surface area contributed by atoms with Crippen molar-refractivity contribution in [2.45, 2.75) is 25.9 Å². The Hall–Kier alpha value is -2.38. The van der Waals surface area contributed by atoms with E-state index in [1.165, 1.54) is 0 Å². The molecule has 6 nitrogen and oxygen atoms in total. The van der Waals surface area contributed by atoms with E-state index in [9.17, 15) is 9.59 Å². The van der Waals surface area contributed by atoms with Crippen molar-refractivity contribution in [3.63, 3.8) is 0 Å². The summed E-state index contributed by atoms with van der Waals surface area (Å²) in [6.45, 7) is 5.59. The van der Waals surface area contributed by atoms with Gasteiger partial charge in [-0.25, -0.2) is 9.97 Å². The zero-order valence-electron chi connectivity index (χ0n) is 14.5. The first-order valence-electron chi connectivity index (χ1n) is 7.90. The van der Waals surface area contributed by atoms with Crippen LogP contribution in [-0.4, -0.2) is 26.6 Å². The lowest BCUT2D eigenvalue weighted by molar-refractivity contribution is -0.113. The lowest BCUT2D eigenvalue weighted by atomic mass is 10.2.